The van der Waals surface area contributed by atoms with Crippen LogP contribution in [-0.4, -0.2) is 22.3 Å². The molecule has 0 radical (unpaired) electrons. The van der Waals surface area contributed by atoms with Gasteiger partial charge in [0.05, 0.1) is 18.7 Å². The monoisotopic (exact) mass is 369 g/mol. The number of nitrogens with one attached hydrogen (secondary N) is 1. The molecule has 2 aromatic carbocycles. The summed E-state index contributed by atoms with van der Waals surface area (Å²) in [5.41, 5.74) is 2.38. The van der Waals surface area contributed by atoms with Crippen LogP contribution in [0.4, 0.5) is 5.82 Å². The quantitative estimate of drug-likeness (QED) is 0.693. The number of anilines is 1. The molecule has 0 bridgehead atoms. The number of aryl methyl sites for hydroxylation is 1. The molecule has 0 spiro atoms. The number of halogens is 1. The van der Waals surface area contributed by atoms with Crippen molar-refractivity contribution in [3.8, 4) is 5.75 Å². The minimum absolute atomic E-state index is 0.253. The van der Waals surface area contributed by atoms with E-state index in [4.69, 9.17) is 16.3 Å². The first-order valence-electron chi connectivity index (χ1n) is 8.39. The lowest BCUT2D eigenvalue weighted by molar-refractivity contribution is 0.102. The highest BCUT2D eigenvalue weighted by Gasteiger charge is 2.14. The molecule has 0 aliphatic rings. The Bertz CT molecular complexity index is 921. The third-order valence-corrected chi connectivity index (χ3v) is 4.30. The Kier molecular flexibility index (Phi) is 5.58. The van der Waals surface area contributed by atoms with Gasteiger partial charge in [0.2, 0.25) is 0 Å². The van der Waals surface area contributed by atoms with E-state index in [2.05, 4.69) is 10.4 Å². The van der Waals surface area contributed by atoms with Gasteiger partial charge in [0.1, 0.15) is 5.75 Å². The van der Waals surface area contributed by atoms with Gasteiger partial charge < -0.3 is 10.1 Å². The van der Waals surface area contributed by atoms with Gasteiger partial charge in [-0.05, 0) is 37.6 Å². The van der Waals surface area contributed by atoms with Crippen molar-refractivity contribution in [2.45, 2.75) is 20.4 Å². The molecule has 0 atom stereocenters. The van der Waals surface area contributed by atoms with Gasteiger partial charge in [-0.2, -0.15) is 5.10 Å². The highest BCUT2D eigenvalue weighted by molar-refractivity contribution is 6.31. The lowest BCUT2D eigenvalue weighted by Crippen LogP contribution is -2.14. The molecule has 0 saturated carbocycles. The number of nitrogens with zero attached hydrogens (tertiary/aromatic N) is 2. The first kappa shape index (κ1) is 18.0. The molecule has 5 nitrogen and oxygen atoms in total. The van der Waals surface area contributed by atoms with E-state index < -0.39 is 0 Å². The zero-order chi connectivity index (χ0) is 18.5. The van der Waals surface area contributed by atoms with Gasteiger partial charge in [-0.15, -0.1) is 0 Å². The molecule has 134 valence electrons. The van der Waals surface area contributed by atoms with Crippen molar-refractivity contribution in [3.63, 3.8) is 0 Å². The van der Waals surface area contributed by atoms with Crippen molar-refractivity contribution in [2.75, 3.05) is 11.9 Å². The molecule has 3 aromatic rings. The van der Waals surface area contributed by atoms with Crippen LogP contribution in [0.3, 0.4) is 0 Å². The van der Waals surface area contributed by atoms with E-state index in [1.807, 2.05) is 54.9 Å². The summed E-state index contributed by atoms with van der Waals surface area (Å²) in [4.78, 5) is 12.6. The molecule has 0 fully saturated rings. The summed E-state index contributed by atoms with van der Waals surface area (Å²) in [6.07, 6.45) is 0. The van der Waals surface area contributed by atoms with Gasteiger partial charge in [-0.3, -0.25) is 9.48 Å². The van der Waals surface area contributed by atoms with Crippen LogP contribution in [0.5, 0.6) is 5.75 Å². The molecular weight excluding hydrogens is 350 g/mol. The zero-order valence-electron chi connectivity index (χ0n) is 14.7. The Balaban J connectivity index is 1.77. The minimum Gasteiger partial charge on any atom is -0.493 e. The zero-order valence-corrected chi connectivity index (χ0v) is 15.5. The van der Waals surface area contributed by atoms with Gasteiger partial charge in [0.25, 0.3) is 5.91 Å². The van der Waals surface area contributed by atoms with E-state index in [0.29, 0.717) is 35.3 Å². The van der Waals surface area contributed by atoms with Crippen molar-refractivity contribution in [1.82, 2.24) is 9.78 Å². The number of amides is 1. The van der Waals surface area contributed by atoms with Crippen LogP contribution in [0, 0.1) is 6.92 Å². The second kappa shape index (κ2) is 8.06. The number of hydrogen-bond donors (Lipinski definition) is 1. The topological polar surface area (TPSA) is 56.1 Å². The molecule has 0 aliphatic heterocycles. The molecule has 1 amide bonds. The van der Waals surface area contributed by atoms with Crippen molar-refractivity contribution in [2.24, 2.45) is 0 Å². The van der Waals surface area contributed by atoms with Gasteiger partial charge >= 0.3 is 0 Å². The SMILES string of the molecule is CCOc1ccccc1C(=O)Nc1cc(C)n(Cc2ccccc2Cl)n1. The van der Waals surface area contributed by atoms with Crippen LogP contribution < -0.4 is 10.1 Å². The van der Waals surface area contributed by atoms with E-state index >= 15 is 0 Å². The average molecular weight is 370 g/mol. The van der Waals surface area contributed by atoms with Crippen LogP contribution in [0.25, 0.3) is 0 Å². The first-order valence-corrected chi connectivity index (χ1v) is 8.77. The van der Waals surface area contributed by atoms with Gasteiger partial charge in [-0.25, -0.2) is 0 Å². The van der Waals surface area contributed by atoms with Crippen molar-refractivity contribution in [1.29, 1.82) is 0 Å². The molecule has 3 rings (SSSR count). The lowest BCUT2D eigenvalue weighted by atomic mass is 10.2. The predicted octanol–water partition coefficient (Wildman–Crippen LogP) is 4.54. The third kappa shape index (κ3) is 4.06. The highest BCUT2D eigenvalue weighted by atomic mass is 35.5. The molecule has 1 N–H and O–H groups in total. The normalized spacial score (nSPS) is 10.6. The van der Waals surface area contributed by atoms with Gasteiger partial charge in [0, 0.05) is 16.8 Å². The fraction of sp³-hybridized carbons (Fsp3) is 0.200. The second-order valence-electron chi connectivity index (χ2n) is 5.80. The average Bonchev–Trinajstić information content (AvgIpc) is 2.97. The maximum absolute atomic E-state index is 12.6. The summed E-state index contributed by atoms with van der Waals surface area (Å²) < 4.78 is 7.33. The van der Waals surface area contributed by atoms with Crippen molar-refractivity contribution in [3.05, 3.63) is 76.4 Å². The number of para-hydroxylation sites is 1. The molecule has 1 heterocycles. The number of ether oxygens (including phenoxy) is 1. The van der Waals surface area contributed by atoms with Crippen molar-refractivity contribution < 1.29 is 9.53 Å². The lowest BCUT2D eigenvalue weighted by Gasteiger charge is -2.09. The molecule has 0 aliphatic carbocycles. The predicted molar refractivity (Wildman–Crippen MR) is 103 cm³/mol. The van der Waals surface area contributed by atoms with E-state index in [-0.39, 0.29) is 5.91 Å². The van der Waals surface area contributed by atoms with Crippen LogP contribution in [0.15, 0.2) is 54.6 Å². The smallest absolute Gasteiger partial charge is 0.260 e. The molecular formula is C20H20ClN3O2. The summed E-state index contributed by atoms with van der Waals surface area (Å²) in [6.45, 7) is 4.86. The summed E-state index contributed by atoms with van der Waals surface area (Å²) in [5.74, 6) is 0.794. The fourth-order valence-corrected chi connectivity index (χ4v) is 2.83. The highest BCUT2D eigenvalue weighted by Crippen LogP contribution is 2.21. The number of carbonyl (C=O) groups excluding carboxylic acids is 1. The van der Waals surface area contributed by atoms with E-state index in [0.717, 1.165) is 11.3 Å². The van der Waals surface area contributed by atoms with Gasteiger partial charge in [-0.1, -0.05) is 41.9 Å². The first-order chi connectivity index (χ1) is 12.6. The number of rotatable bonds is 6. The summed E-state index contributed by atoms with van der Waals surface area (Å²) in [6, 6.07) is 16.6. The van der Waals surface area contributed by atoms with E-state index in [1.54, 1.807) is 18.2 Å². The third-order valence-electron chi connectivity index (χ3n) is 3.93. The van der Waals surface area contributed by atoms with Crippen molar-refractivity contribution >= 4 is 23.3 Å². The van der Waals surface area contributed by atoms with Crippen LogP contribution in [0.2, 0.25) is 5.02 Å². The minimum atomic E-state index is -0.253. The Morgan fingerprint density at radius 2 is 1.92 bits per heavy atom. The maximum atomic E-state index is 12.6. The van der Waals surface area contributed by atoms with Crippen LogP contribution in [0.1, 0.15) is 28.5 Å². The molecule has 0 unspecified atom stereocenters. The summed E-state index contributed by atoms with van der Waals surface area (Å²) in [7, 11) is 0. The molecule has 6 heteroatoms. The molecule has 26 heavy (non-hydrogen) atoms. The number of hydrogen-bond acceptors (Lipinski definition) is 3. The summed E-state index contributed by atoms with van der Waals surface area (Å²) in [5, 5.41) is 8.00. The molecule has 1 aromatic heterocycles. The Labute approximate surface area is 157 Å². The Morgan fingerprint density at radius 1 is 1.19 bits per heavy atom. The van der Waals surface area contributed by atoms with Crippen LogP contribution in [-0.2, 0) is 6.54 Å². The largest absolute Gasteiger partial charge is 0.493 e. The van der Waals surface area contributed by atoms with Crippen LogP contribution >= 0.6 is 11.6 Å². The van der Waals surface area contributed by atoms with E-state index in [1.165, 1.54) is 0 Å². The number of benzene rings is 2. The maximum Gasteiger partial charge on any atom is 0.260 e. The second-order valence-corrected chi connectivity index (χ2v) is 6.21. The standard InChI is InChI=1S/C20H20ClN3O2/c1-3-26-18-11-7-5-9-16(18)20(25)22-19-12-14(2)24(23-19)13-15-8-4-6-10-17(15)21/h4-12H,3,13H2,1-2H3,(H,22,23,25). The van der Waals surface area contributed by atoms with Gasteiger partial charge in [0.15, 0.2) is 5.82 Å². The summed E-state index contributed by atoms with van der Waals surface area (Å²) >= 11 is 6.22. The number of carbonyl (C=O) groups is 1. The number of aromatic nitrogens is 2. The fourth-order valence-electron chi connectivity index (χ4n) is 2.64. The Morgan fingerprint density at radius 3 is 2.69 bits per heavy atom. The Hall–Kier alpha value is -2.79. The van der Waals surface area contributed by atoms with E-state index in [9.17, 15) is 4.79 Å². The molecule has 0 saturated heterocycles.